The van der Waals surface area contributed by atoms with Gasteiger partial charge < -0.3 is 20.4 Å². The maximum Gasteiger partial charge on any atom is 0.0361 e. The molecule has 0 fully saturated rings. The molecule has 254 valence electrons. The zero-order chi connectivity index (χ0) is 35.0. The lowest BCUT2D eigenvalue weighted by Gasteiger charge is -2.22. The summed E-state index contributed by atoms with van der Waals surface area (Å²) >= 11 is 0. The maximum atomic E-state index is 3.26. The van der Waals surface area contributed by atoms with Crippen LogP contribution in [-0.4, -0.2) is 42.3 Å². The third-order valence-corrected chi connectivity index (χ3v) is 9.69. The summed E-state index contributed by atoms with van der Waals surface area (Å²) in [6.07, 6.45) is 0. The molecule has 2 N–H and O–H groups in total. The molecule has 0 saturated heterocycles. The summed E-state index contributed by atoms with van der Waals surface area (Å²) in [5.41, 5.74) is 15.2. The molecule has 2 atom stereocenters. The van der Waals surface area contributed by atoms with Gasteiger partial charge in [-0.25, -0.2) is 0 Å². The number of benzene rings is 6. The van der Waals surface area contributed by atoms with Crippen molar-refractivity contribution in [3.05, 3.63) is 190 Å². The highest BCUT2D eigenvalue weighted by Gasteiger charge is 2.19. The van der Waals surface area contributed by atoms with Crippen molar-refractivity contribution < 1.29 is 0 Å². The zero-order valence-electron chi connectivity index (χ0n) is 30.3. The second-order valence-corrected chi connectivity index (χ2v) is 13.6. The molecular weight excluding hydrogens is 609 g/mol. The Hall–Kier alpha value is -5.16. The lowest BCUT2D eigenvalue weighted by atomic mass is 9.83. The van der Waals surface area contributed by atoms with E-state index in [1.54, 1.807) is 0 Å². The van der Waals surface area contributed by atoms with Crippen molar-refractivity contribution in [2.24, 2.45) is 0 Å². The average molecular weight is 659 g/mol. The fraction of sp³-hybridized carbons (Fsp3) is 0.217. The Morgan fingerprint density at radius 2 is 0.600 bits per heavy atom. The van der Waals surface area contributed by atoms with Gasteiger partial charge in [-0.1, -0.05) is 121 Å². The largest absolute Gasteiger partial charge is 0.378 e. The third kappa shape index (κ3) is 8.00. The summed E-state index contributed by atoms with van der Waals surface area (Å²) in [5.74, 6) is 0.288. The average Bonchev–Trinajstić information content (AvgIpc) is 3.14. The number of nitrogens with zero attached hydrogens (tertiary/aromatic N) is 2. The number of hydrogen-bond acceptors (Lipinski definition) is 4. The fourth-order valence-electron chi connectivity index (χ4n) is 6.88. The maximum absolute atomic E-state index is 3.26. The molecule has 4 nitrogen and oxygen atoms in total. The van der Waals surface area contributed by atoms with Gasteiger partial charge in [0.25, 0.3) is 0 Å². The number of rotatable bonds is 13. The molecule has 0 aliphatic carbocycles. The first-order valence-corrected chi connectivity index (χ1v) is 17.6. The van der Waals surface area contributed by atoms with E-state index >= 15 is 0 Å². The van der Waals surface area contributed by atoms with E-state index in [9.17, 15) is 0 Å². The Morgan fingerprint density at radius 3 is 0.840 bits per heavy atom. The quantitative estimate of drug-likeness (QED) is 0.121. The minimum atomic E-state index is 0.144. The standard InChI is InChI=1S/C46H50N4/c1-47-31-33-7-11-37(12-8-33)45(41-23-27-43(28-24-41)49(3)4)39-19-15-35(16-20-39)36-17-21-40(22-18-36)46(38-13-9-34(10-14-38)32-48-2)42-25-29-44(30-26-42)50(5)6/h7-30,45-48H,31-32H2,1-6H3. The summed E-state index contributed by atoms with van der Waals surface area (Å²) in [4.78, 5) is 4.30. The summed E-state index contributed by atoms with van der Waals surface area (Å²) in [5, 5.41) is 6.53. The number of hydrogen-bond donors (Lipinski definition) is 2. The molecule has 0 spiro atoms. The normalized spacial score (nSPS) is 12.4. The highest BCUT2D eigenvalue weighted by Crippen LogP contribution is 2.36. The van der Waals surface area contributed by atoms with E-state index in [4.69, 9.17) is 0 Å². The van der Waals surface area contributed by atoms with Gasteiger partial charge in [-0.3, -0.25) is 0 Å². The van der Waals surface area contributed by atoms with Gasteiger partial charge in [-0.05, 0) is 94.0 Å². The molecule has 6 aromatic carbocycles. The van der Waals surface area contributed by atoms with Gasteiger partial charge in [0, 0.05) is 64.5 Å². The number of nitrogens with one attached hydrogen (secondary N) is 2. The van der Waals surface area contributed by atoms with Crippen molar-refractivity contribution in [1.29, 1.82) is 0 Å². The summed E-state index contributed by atoms with van der Waals surface area (Å²) in [6, 6.07) is 54.3. The fourth-order valence-corrected chi connectivity index (χ4v) is 6.88. The summed E-state index contributed by atoms with van der Waals surface area (Å²) < 4.78 is 0. The Labute approximate surface area is 299 Å². The van der Waals surface area contributed by atoms with Crippen molar-refractivity contribution in [1.82, 2.24) is 10.6 Å². The second kappa shape index (κ2) is 16.0. The molecule has 6 rings (SSSR count). The van der Waals surface area contributed by atoms with E-state index in [0.717, 1.165) is 13.1 Å². The van der Waals surface area contributed by atoms with Crippen LogP contribution in [0.15, 0.2) is 146 Å². The van der Waals surface area contributed by atoms with Crippen molar-refractivity contribution in [2.45, 2.75) is 24.9 Å². The van der Waals surface area contributed by atoms with Gasteiger partial charge >= 0.3 is 0 Å². The van der Waals surface area contributed by atoms with Gasteiger partial charge in [-0.2, -0.15) is 0 Å². The van der Waals surface area contributed by atoms with Gasteiger partial charge in [-0.15, -0.1) is 0 Å². The van der Waals surface area contributed by atoms with Gasteiger partial charge in [0.1, 0.15) is 0 Å². The SMILES string of the molecule is CNCc1ccc(C(c2ccc(-c3ccc(C(c4ccc(CNC)cc4)c4ccc(N(C)C)cc4)cc3)cc2)c2ccc(N(C)C)cc2)cc1. The Morgan fingerprint density at radius 1 is 0.360 bits per heavy atom. The van der Waals surface area contributed by atoms with Crippen molar-refractivity contribution in [2.75, 3.05) is 52.1 Å². The molecule has 0 aliphatic rings. The molecule has 0 radical (unpaired) electrons. The highest BCUT2D eigenvalue weighted by atomic mass is 15.1. The smallest absolute Gasteiger partial charge is 0.0361 e. The van der Waals surface area contributed by atoms with Crippen LogP contribution in [0.25, 0.3) is 11.1 Å². The Bertz CT molecular complexity index is 1780. The zero-order valence-corrected chi connectivity index (χ0v) is 30.3. The van der Waals surface area contributed by atoms with Crippen LogP contribution in [0.4, 0.5) is 11.4 Å². The van der Waals surface area contributed by atoms with E-state index in [-0.39, 0.29) is 11.8 Å². The lowest BCUT2D eigenvalue weighted by Crippen LogP contribution is -2.09. The summed E-state index contributed by atoms with van der Waals surface area (Å²) in [7, 11) is 12.3. The van der Waals surface area contributed by atoms with Crippen LogP contribution in [0, 0.1) is 0 Å². The molecule has 0 bridgehead atoms. The Kier molecular flexibility index (Phi) is 11.1. The van der Waals surface area contributed by atoms with E-state index in [2.05, 4.69) is 194 Å². The van der Waals surface area contributed by atoms with Crippen LogP contribution in [-0.2, 0) is 13.1 Å². The molecule has 4 heteroatoms. The van der Waals surface area contributed by atoms with Crippen molar-refractivity contribution >= 4 is 11.4 Å². The van der Waals surface area contributed by atoms with Crippen LogP contribution in [0.2, 0.25) is 0 Å². The van der Waals surface area contributed by atoms with Gasteiger partial charge in [0.2, 0.25) is 0 Å². The van der Waals surface area contributed by atoms with Crippen LogP contribution < -0.4 is 20.4 Å². The minimum Gasteiger partial charge on any atom is -0.378 e. The predicted molar refractivity (Wildman–Crippen MR) is 214 cm³/mol. The minimum absolute atomic E-state index is 0.144. The third-order valence-electron chi connectivity index (χ3n) is 9.69. The van der Waals surface area contributed by atoms with E-state index in [0.29, 0.717) is 0 Å². The predicted octanol–water partition coefficient (Wildman–Crippen LogP) is 9.28. The van der Waals surface area contributed by atoms with Crippen LogP contribution in [0.5, 0.6) is 0 Å². The molecular formula is C46H50N4. The van der Waals surface area contributed by atoms with E-state index in [1.807, 2.05) is 14.1 Å². The molecule has 2 unspecified atom stereocenters. The van der Waals surface area contributed by atoms with E-state index in [1.165, 1.54) is 67.0 Å². The molecule has 0 heterocycles. The molecule has 0 aromatic heterocycles. The summed E-state index contributed by atoms with van der Waals surface area (Å²) in [6.45, 7) is 1.73. The first kappa shape index (κ1) is 34.7. The monoisotopic (exact) mass is 658 g/mol. The van der Waals surface area contributed by atoms with Crippen LogP contribution in [0.1, 0.15) is 56.3 Å². The van der Waals surface area contributed by atoms with Crippen LogP contribution >= 0.6 is 0 Å². The molecule has 50 heavy (non-hydrogen) atoms. The first-order valence-electron chi connectivity index (χ1n) is 17.6. The first-order chi connectivity index (χ1) is 24.3. The van der Waals surface area contributed by atoms with E-state index < -0.39 is 0 Å². The van der Waals surface area contributed by atoms with Crippen LogP contribution in [0.3, 0.4) is 0 Å². The van der Waals surface area contributed by atoms with Crippen molar-refractivity contribution in [3.63, 3.8) is 0 Å². The van der Waals surface area contributed by atoms with Crippen molar-refractivity contribution in [3.8, 4) is 11.1 Å². The molecule has 0 saturated carbocycles. The highest BCUT2D eigenvalue weighted by molar-refractivity contribution is 5.65. The molecule has 0 aliphatic heterocycles. The lowest BCUT2D eigenvalue weighted by molar-refractivity contribution is 0.816. The number of anilines is 2. The van der Waals surface area contributed by atoms with Gasteiger partial charge in [0.05, 0.1) is 0 Å². The van der Waals surface area contributed by atoms with Gasteiger partial charge in [0.15, 0.2) is 0 Å². The molecule has 6 aromatic rings. The second-order valence-electron chi connectivity index (χ2n) is 13.6. The Balaban J connectivity index is 1.30. The topological polar surface area (TPSA) is 30.5 Å². The molecule has 0 amide bonds.